The van der Waals surface area contributed by atoms with E-state index in [0.717, 1.165) is 5.56 Å². The Bertz CT molecular complexity index is 956. The zero-order valence-corrected chi connectivity index (χ0v) is 17.7. The number of hydrogen-bond donors (Lipinski definition) is 1. The number of nitriles is 1. The number of hydrogen-bond acceptors (Lipinski definition) is 6. The lowest BCUT2D eigenvalue weighted by atomic mass is 10.1. The van der Waals surface area contributed by atoms with E-state index in [1.807, 2.05) is 24.3 Å². The Kier molecular flexibility index (Phi) is 7.20. The average molecular weight is 426 g/mol. The summed E-state index contributed by atoms with van der Waals surface area (Å²) in [6, 6.07) is 13.8. The molecule has 0 aliphatic carbocycles. The summed E-state index contributed by atoms with van der Waals surface area (Å²) in [6.45, 7) is 0. The van der Waals surface area contributed by atoms with Gasteiger partial charge in [0.05, 0.1) is 31.7 Å². The van der Waals surface area contributed by atoms with E-state index in [2.05, 4.69) is 5.32 Å². The topological polar surface area (TPSA) is 91.7 Å². The third kappa shape index (κ3) is 5.05. The second-order valence-electron chi connectivity index (χ2n) is 6.75. The molecule has 1 N–H and O–H groups in total. The van der Waals surface area contributed by atoms with E-state index in [4.69, 9.17) is 14.7 Å². The van der Waals surface area contributed by atoms with Gasteiger partial charge in [0.25, 0.3) is 0 Å². The number of methoxy groups -OCH3 is 2. The molecule has 1 aliphatic rings. The number of thioether (sulfide) groups is 1. The molecule has 1 fully saturated rings. The monoisotopic (exact) mass is 425 g/mol. The highest BCUT2D eigenvalue weighted by molar-refractivity contribution is 7.99. The molecular weight excluding hydrogens is 402 g/mol. The van der Waals surface area contributed by atoms with Crippen LogP contribution in [0.2, 0.25) is 0 Å². The summed E-state index contributed by atoms with van der Waals surface area (Å²) >= 11 is 1.56. The number of benzene rings is 2. The van der Waals surface area contributed by atoms with Crippen LogP contribution in [-0.4, -0.2) is 48.6 Å². The largest absolute Gasteiger partial charge is 0.493 e. The van der Waals surface area contributed by atoms with E-state index in [1.165, 1.54) is 0 Å². The smallest absolute Gasteiger partial charge is 0.248 e. The van der Waals surface area contributed by atoms with Gasteiger partial charge in [-0.2, -0.15) is 5.26 Å². The van der Waals surface area contributed by atoms with E-state index in [9.17, 15) is 9.59 Å². The molecule has 0 aromatic heterocycles. The van der Waals surface area contributed by atoms with Gasteiger partial charge in [0, 0.05) is 17.9 Å². The van der Waals surface area contributed by atoms with Crippen LogP contribution in [0, 0.1) is 11.3 Å². The Hall–Kier alpha value is -3.18. The first-order chi connectivity index (χ1) is 14.5. The van der Waals surface area contributed by atoms with Crippen LogP contribution in [0.15, 0.2) is 42.5 Å². The number of amides is 2. The van der Waals surface area contributed by atoms with E-state index in [0.29, 0.717) is 47.2 Å². The second-order valence-corrected chi connectivity index (χ2v) is 7.75. The van der Waals surface area contributed by atoms with Crippen LogP contribution in [0.4, 0.5) is 5.69 Å². The van der Waals surface area contributed by atoms with Crippen LogP contribution in [0.25, 0.3) is 0 Å². The van der Waals surface area contributed by atoms with Gasteiger partial charge in [0.1, 0.15) is 6.04 Å². The summed E-state index contributed by atoms with van der Waals surface area (Å²) in [6.07, 6.45) is 0.848. The minimum Gasteiger partial charge on any atom is -0.493 e. The van der Waals surface area contributed by atoms with Crippen LogP contribution >= 0.6 is 11.8 Å². The molecule has 2 amide bonds. The summed E-state index contributed by atoms with van der Waals surface area (Å²) in [5.41, 5.74) is 2.09. The third-order valence-corrected chi connectivity index (χ3v) is 5.87. The second kappa shape index (κ2) is 10.0. The Balaban J connectivity index is 1.59. The maximum atomic E-state index is 12.8. The van der Waals surface area contributed by atoms with Gasteiger partial charge in [-0.1, -0.05) is 6.07 Å². The molecule has 3 rings (SSSR count). The highest BCUT2D eigenvalue weighted by atomic mass is 32.2. The number of carbonyl (C=O) groups is 2. The van der Waals surface area contributed by atoms with Crippen molar-refractivity contribution in [3.8, 4) is 17.6 Å². The molecule has 0 radical (unpaired) electrons. The van der Waals surface area contributed by atoms with Gasteiger partial charge in [-0.3, -0.25) is 9.59 Å². The van der Waals surface area contributed by atoms with Gasteiger partial charge in [-0.05, 0) is 48.4 Å². The summed E-state index contributed by atoms with van der Waals surface area (Å²) in [5, 5.41) is 11.7. The SMILES string of the molecule is COc1ccc(CCC(=O)N2CSCC2C(=O)Nc2ccc(C#N)cc2)cc1OC. The van der Waals surface area contributed by atoms with Crippen LogP contribution in [0.5, 0.6) is 11.5 Å². The van der Waals surface area contributed by atoms with Crippen LogP contribution < -0.4 is 14.8 Å². The molecule has 1 saturated heterocycles. The Morgan fingerprint density at radius 2 is 1.90 bits per heavy atom. The number of anilines is 1. The number of aryl methyl sites for hydroxylation is 1. The number of nitrogens with zero attached hydrogens (tertiary/aromatic N) is 2. The minimum absolute atomic E-state index is 0.0604. The van der Waals surface area contributed by atoms with Gasteiger partial charge in [-0.25, -0.2) is 0 Å². The van der Waals surface area contributed by atoms with Crippen molar-refractivity contribution in [1.29, 1.82) is 5.26 Å². The zero-order chi connectivity index (χ0) is 21.5. The first-order valence-corrected chi connectivity index (χ1v) is 10.6. The van der Waals surface area contributed by atoms with Crippen molar-refractivity contribution in [2.24, 2.45) is 0 Å². The van der Waals surface area contributed by atoms with Crippen molar-refractivity contribution in [3.63, 3.8) is 0 Å². The highest BCUT2D eigenvalue weighted by Gasteiger charge is 2.34. The fourth-order valence-electron chi connectivity index (χ4n) is 3.19. The normalized spacial score (nSPS) is 15.4. The van der Waals surface area contributed by atoms with Gasteiger partial charge in [0.15, 0.2) is 11.5 Å². The Morgan fingerprint density at radius 3 is 2.57 bits per heavy atom. The van der Waals surface area contributed by atoms with Crippen molar-refractivity contribution in [3.05, 3.63) is 53.6 Å². The lowest BCUT2D eigenvalue weighted by molar-refractivity contribution is -0.136. The average Bonchev–Trinajstić information content (AvgIpc) is 3.28. The van der Waals surface area contributed by atoms with Gasteiger partial charge >= 0.3 is 0 Å². The molecule has 0 saturated carbocycles. The summed E-state index contributed by atoms with van der Waals surface area (Å²) in [5.74, 6) is 2.04. The fourth-order valence-corrected chi connectivity index (χ4v) is 4.37. The molecule has 156 valence electrons. The lowest BCUT2D eigenvalue weighted by Gasteiger charge is -2.23. The van der Waals surface area contributed by atoms with Crippen LogP contribution in [0.3, 0.4) is 0 Å². The maximum Gasteiger partial charge on any atom is 0.248 e. The zero-order valence-electron chi connectivity index (χ0n) is 16.9. The number of carbonyl (C=O) groups excluding carboxylic acids is 2. The van der Waals surface area contributed by atoms with E-state index < -0.39 is 6.04 Å². The quantitative estimate of drug-likeness (QED) is 0.733. The number of nitrogens with one attached hydrogen (secondary N) is 1. The summed E-state index contributed by atoms with van der Waals surface area (Å²) in [4.78, 5) is 27.1. The summed E-state index contributed by atoms with van der Waals surface area (Å²) in [7, 11) is 3.15. The minimum atomic E-state index is -0.511. The molecule has 0 bridgehead atoms. The van der Waals surface area contributed by atoms with Crippen molar-refractivity contribution in [2.45, 2.75) is 18.9 Å². The number of rotatable bonds is 7. The summed E-state index contributed by atoms with van der Waals surface area (Å²) < 4.78 is 10.5. The molecule has 1 unspecified atom stereocenters. The molecular formula is C22H23N3O4S. The van der Waals surface area contributed by atoms with Crippen molar-refractivity contribution in [2.75, 3.05) is 31.2 Å². The molecule has 7 nitrogen and oxygen atoms in total. The molecule has 2 aromatic rings. The van der Waals surface area contributed by atoms with E-state index in [1.54, 1.807) is 55.1 Å². The predicted molar refractivity (Wildman–Crippen MR) is 116 cm³/mol. The molecule has 8 heteroatoms. The van der Waals surface area contributed by atoms with Crippen molar-refractivity contribution >= 4 is 29.3 Å². The van der Waals surface area contributed by atoms with Gasteiger partial charge < -0.3 is 19.7 Å². The van der Waals surface area contributed by atoms with Crippen LogP contribution in [0.1, 0.15) is 17.5 Å². The van der Waals surface area contributed by atoms with E-state index in [-0.39, 0.29) is 11.8 Å². The highest BCUT2D eigenvalue weighted by Crippen LogP contribution is 2.28. The Labute approximate surface area is 180 Å². The molecule has 30 heavy (non-hydrogen) atoms. The van der Waals surface area contributed by atoms with Gasteiger partial charge in [-0.15, -0.1) is 11.8 Å². The first-order valence-electron chi connectivity index (χ1n) is 9.45. The van der Waals surface area contributed by atoms with Crippen molar-refractivity contribution < 1.29 is 19.1 Å². The predicted octanol–water partition coefficient (Wildman–Crippen LogP) is 3.05. The molecule has 0 spiro atoms. The van der Waals surface area contributed by atoms with Crippen molar-refractivity contribution in [1.82, 2.24) is 4.90 Å². The standard InChI is InChI=1S/C22H23N3O4S/c1-28-19-9-5-15(11-20(19)29-2)6-10-21(26)25-14-30-13-18(25)22(27)24-17-7-3-16(12-23)4-8-17/h3-5,7-9,11,18H,6,10,13-14H2,1-2H3,(H,24,27). The fraction of sp³-hybridized carbons (Fsp3) is 0.318. The molecule has 1 aliphatic heterocycles. The Morgan fingerprint density at radius 1 is 1.17 bits per heavy atom. The van der Waals surface area contributed by atoms with Crippen LogP contribution in [-0.2, 0) is 16.0 Å². The molecule has 1 atom stereocenters. The maximum absolute atomic E-state index is 12.8. The number of ether oxygens (including phenoxy) is 2. The first kappa shape index (κ1) is 21.5. The third-order valence-electron chi connectivity index (χ3n) is 4.86. The lowest BCUT2D eigenvalue weighted by Crippen LogP contribution is -2.44. The molecule has 1 heterocycles. The van der Waals surface area contributed by atoms with E-state index >= 15 is 0 Å². The van der Waals surface area contributed by atoms with Gasteiger partial charge in [0.2, 0.25) is 11.8 Å². The molecule has 2 aromatic carbocycles.